The summed E-state index contributed by atoms with van der Waals surface area (Å²) in [6.07, 6.45) is 0. The minimum atomic E-state index is -0.700. The summed E-state index contributed by atoms with van der Waals surface area (Å²) >= 11 is 5.84. The molecule has 2 aromatic carbocycles. The lowest BCUT2D eigenvalue weighted by atomic mass is 10.1. The molecule has 0 aliphatic rings. The Morgan fingerprint density at radius 3 is 2.75 bits per heavy atom. The third-order valence-corrected chi connectivity index (χ3v) is 3.81. The number of benzene rings is 2. The van der Waals surface area contributed by atoms with E-state index in [0.717, 1.165) is 17.7 Å². The smallest absolute Gasteiger partial charge is 0.339 e. The molecule has 0 spiro atoms. The van der Waals surface area contributed by atoms with E-state index in [2.05, 4.69) is 0 Å². The monoisotopic (exact) mass is 346 g/mol. The van der Waals surface area contributed by atoms with Gasteiger partial charge >= 0.3 is 11.6 Å². The molecule has 24 heavy (non-hydrogen) atoms. The molecule has 1 aromatic heterocycles. The highest BCUT2D eigenvalue weighted by molar-refractivity contribution is 6.33. The first-order chi connectivity index (χ1) is 11.4. The van der Waals surface area contributed by atoms with Gasteiger partial charge in [-0.2, -0.15) is 0 Å². The highest BCUT2D eigenvalue weighted by Crippen LogP contribution is 2.21. The zero-order valence-corrected chi connectivity index (χ0v) is 13.4. The van der Waals surface area contributed by atoms with Crippen LogP contribution in [-0.2, 0) is 11.3 Å². The van der Waals surface area contributed by atoms with Crippen molar-refractivity contribution in [2.75, 3.05) is 0 Å². The number of esters is 1. The van der Waals surface area contributed by atoms with Crippen molar-refractivity contribution in [1.82, 2.24) is 0 Å². The molecule has 0 fully saturated rings. The summed E-state index contributed by atoms with van der Waals surface area (Å²) in [4.78, 5) is 23.7. The second-order valence-corrected chi connectivity index (χ2v) is 5.70. The number of ether oxygens (including phenoxy) is 1. The molecule has 6 heteroatoms. The summed E-state index contributed by atoms with van der Waals surface area (Å²) in [5, 5.41) is 0.645. The number of rotatable bonds is 3. The van der Waals surface area contributed by atoms with Crippen LogP contribution >= 0.6 is 11.6 Å². The van der Waals surface area contributed by atoms with Gasteiger partial charge in [0.2, 0.25) is 0 Å². The van der Waals surface area contributed by atoms with Gasteiger partial charge in [0.05, 0.1) is 10.6 Å². The predicted molar refractivity (Wildman–Crippen MR) is 87.8 cm³/mol. The summed E-state index contributed by atoms with van der Waals surface area (Å²) in [5.41, 5.74) is 1.42. The third-order valence-electron chi connectivity index (χ3n) is 3.50. The van der Waals surface area contributed by atoms with E-state index in [1.807, 2.05) is 13.0 Å². The first-order valence-corrected chi connectivity index (χ1v) is 7.47. The van der Waals surface area contributed by atoms with Crippen LogP contribution in [-0.4, -0.2) is 5.97 Å². The molecule has 4 nitrogen and oxygen atoms in total. The van der Waals surface area contributed by atoms with Gasteiger partial charge in [-0.15, -0.1) is 0 Å². The van der Waals surface area contributed by atoms with Crippen LogP contribution in [0.1, 0.15) is 21.5 Å². The van der Waals surface area contributed by atoms with Crippen LogP contribution in [0.25, 0.3) is 11.0 Å². The summed E-state index contributed by atoms with van der Waals surface area (Å²) in [5.74, 6) is -1.24. The normalized spacial score (nSPS) is 10.8. The molecule has 0 unspecified atom stereocenters. The van der Waals surface area contributed by atoms with E-state index in [1.54, 1.807) is 12.1 Å². The van der Waals surface area contributed by atoms with Crippen LogP contribution < -0.4 is 5.63 Å². The van der Waals surface area contributed by atoms with E-state index in [1.165, 1.54) is 12.1 Å². The maximum absolute atomic E-state index is 13.0. The maximum atomic E-state index is 13.0. The SMILES string of the molecule is Cc1ccc2c(COC(=O)c3ccc(F)cc3Cl)cc(=O)oc2c1. The van der Waals surface area contributed by atoms with Gasteiger partial charge < -0.3 is 9.15 Å². The van der Waals surface area contributed by atoms with Crippen molar-refractivity contribution in [3.05, 3.63) is 80.4 Å². The molecule has 0 saturated carbocycles. The lowest BCUT2D eigenvalue weighted by molar-refractivity contribution is 0.0474. The fourth-order valence-corrected chi connectivity index (χ4v) is 2.58. The Labute approximate surface area is 141 Å². The third kappa shape index (κ3) is 3.31. The van der Waals surface area contributed by atoms with Gasteiger partial charge in [0.15, 0.2) is 0 Å². The minimum Gasteiger partial charge on any atom is -0.457 e. The molecule has 0 aliphatic carbocycles. The number of hydrogen-bond acceptors (Lipinski definition) is 4. The second kappa shape index (κ2) is 6.45. The highest BCUT2D eigenvalue weighted by Gasteiger charge is 2.14. The van der Waals surface area contributed by atoms with E-state index in [-0.39, 0.29) is 17.2 Å². The lowest BCUT2D eigenvalue weighted by Gasteiger charge is -2.08. The Kier molecular flexibility index (Phi) is 4.36. The van der Waals surface area contributed by atoms with Gasteiger partial charge in [-0.3, -0.25) is 0 Å². The topological polar surface area (TPSA) is 56.5 Å². The van der Waals surface area contributed by atoms with E-state index in [4.69, 9.17) is 20.8 Å². The lowest BCUT2D eigenvalue weighted by Crippen LogP contribution is -2.08. The van der Waals surface area contributed by atoms with Gasteiger partial charge in [-0.25, -0.2) is 14.0 Å². The molecule has 0 amide bonds. The molecule has 0 aliphatic heterocycles. The first-order valence-electron chi connectivity index (χ1n) is 7.09. The van der Waals surface area contributed by atoms with Gasteiger partial charge in [0, 0.05) is 17.0 Å². The standard InChI is InChI=1S/C18H12ClFO4/c1-10-2-4-13-11(7-17(21)24-16(13)6-10)9-23-18(22)14-5-3-12(20)8-15(14)19/h2-8H,9H2,1H3. The van der Waals surface area contributed by atoms with Crippen molar-refractivity contribution in [1.29, 1.82) is 0 Å². The molecular formula is C18H12ClFO4. The number of fused-ring (bicyclic) bond motifs is 1. The molecule has 0 atom stereocenters. The van der Waals surface area contributed by atoms with Gasteiger partial charge in [-0.1, -0.05) is 23.7 Å². The van der Waals surface area contributed by atoms with Crippen molar-refractivity contribution in [2.45, 2.75) is 13.5 Å². The summed E-state index contributed by atoms with van der Waals surface area (Å²) in [6, 6.07) is 10.1. The van der Waals surface area contributed by atoms with E-state index in [0.29, 0.717) is 16.5 Å². The molecular weight excluding hydrogens is 335 g/mol. The maximum Gasteiger partial charge on any atom is 0.339 e. The van der Waals surface area contributed by atoms with Crippen LogP contribution in [0, 0.1) is 12.7 Å². The summed E-state index contributed by atoms with van der Waals surface area (Å²) in [6.45, 7) is 1.75. The summed E-state index contributed by atoms with van der Waals surface area (Å²) < 4.78 is 23.4. The Morgan fingerprint density at radius 1 is 1.21 bits per heavy atom. The molecule has 0 saturated heterocycles. The average molecular weight is 347 g/mol. The molecule has 3 rings (SSSR count). The first kappa shape index (κ1) is 16.2. The molecule has 122 valence electrons. The van der Waals surface area contributed by atoms with Crippen molar-refractivity contribution < 1.29 is 18.3 Å². The van der Waals surface area contributed by atoms with Crippen LogP contribution in [0.15, 0.2) is 51.7 Å². The quantitative estimate of drug-likeness (QED) is 0.525. The van der Waals surface area contributed by atoms with Gasteiger partial charge in [0.25, 0.3) is 0 Å². The highest BCUT2D eigenvalue weighted by atomic mass is 35.5. The van der Waals surface area contributed by atoms with E-state index >= 15 is 0 Å². The van der Waals surface area contributed by atoms with Gasteiger partial charge in [0.1, 0.15) is 18.0 Å². The Hall–Kier alpha value is -2.66. The van der Waals surface area contributed by atoms with E-state index in [9.17, 15) is 14.0 Å². The fraction of sp³-hybridized carbons (Fsp3) is 0.111. The number of halogens is 2. The van der Waals surface area contributed by atoms with Gasteiger partial charge in [-0.05, 0) is 36.8 Å². The number of hydrogen-bond donors (Lipinski definition) is 0. The van der Waals surface area contributed by atoms with Crippen LogP contribution in [0.4, 0.5) is 4.39 Å². The Morgan fingerprint density at radius 2 is 2.00 bits per heavy atom. The van der Waals surface area contributed by atoms with Crippen molar-refractivity contribution >= 4 is 28.5 Å². The van der Waals surface area contributed by atoms with Crippen LogP contribution in [0.3, 0.4) is 0 Å². The molecule has 0 radical (unpaired) electrons. The fourth-order valence-electron chi connectivity index (χ4n) is 2.33. The average Bonchev–Trinajstić information content (AvgIpc) is 2.51. The van der Waals surface area contributed by atoms with Crippen molar-refractivity contribution in [3.8, 4) is 0 Å². The Balaban J connectivity index is 1.88. The van der Waals surface area contributed by atoms with Crippen molar-refractivity contribution in [2.24, 2.45) is 0 Å². The Bertz CT molecular complexity index is 994. The number of carbonyl (C=O) groups excluding carboxylic acids is 1. The molecule has 3 aromatic rings. The largest absolute Gasteiger partial charge is 0.457 e. The molecule has 0 N–H and O–H groups in total. The number of aryl methyl sites for hydroxylation is 1. The summed E-state index contributed by atoms with van der Waals surface area (Å²) in [7, 11) is 0. The molecule has 1 heterocycles. The van der Waals surface area contributed by atoms with Crippen LogP contribution in [0.2, 0.25) is 5.02 Å². The second-order valence-electron chi connectivity index (χ2n) is 5.29. The number of carbonyl (C=O) groups is 1. The van der Waals surface area contributed by atoms with Crippen molar-refractivity contribution in [3.63, 3.8) is 0 Å². The zero-order valence-electron chi connectivity index (χ0n) is 12.6. The van der Waals surface area contributed by atoms with E-state index < -0.39 is 17.4 Å². The van der Waals surface area contributed by atoms with Crippen LogP contribution in [0.5, 0.6) is 0 Å². The predicted octanol–water partition coefficient (Wildman–Crippen LogP) is 4.25. The molecule has 0 bridgehead atoms. The minimum absolute atomic E-state index is 0.0342. The zero-order chi connectivity index (χ0) is 17.3.